The first kappa shape index (κ1) is 24.5. The summed E-state index contributed by atoms with van der Waals surface area (Å²) in [5, 5.41) is 4.38. The number of benzene rings is 2. The van der Waals surface area contributed by atoms with E-state index in [2.05, 4.69) is 26.1 Å². The van der Waals surface area contributed by atoms with Crippen LogP contribution < -0.4 is 10.1 Å². The van der Waals surface area contributed by atoms with Crippen LogP contribution >= 0.6 is 22.9 Å². The minimum Gasteiger partial charge on any atom is -0.494 e. The Labute approximate surface area is 211 Å². The van der Waals surface area contributed by atoms with Crippen LogP contribution in [0.1, 0.15) is 60.5 Å². The predicted molar refractivity (Wildman–Crippen MR) is 144 cm³/mol. The predicted octanol–water partition coefficient (Wildman–Crippen LogP) is 7.95. The molecule has 0 saturated heterocycles. The highest BCUT2D eigenvalue weighted by molar-refractivity contribution is 7.16. The molecule has 0 bridgehead atoms. The van der Waals surface area contributed by atoms with E-state index in [9.17, 15) is 4.79 Å². The number of carbonyl (C=O) groups is 1. The third-order valence-corrected chi connectivity index (χ3v) is 7.70. The number of rotatable bonds is 6. The minimum atomic E-state index is -0.132. The number of amides is 1. The van der Waals surface area contributed by atoms with Crippen molar-refractivity contribution < 1.29 is 9.53 Å². The molecule has 1 aliphatic carbocycles. The van der Waals surface area contributed by atoms with Crippen molar-refractivity contribution in [1.29, 1.82) is 0 Å². The van der Waals surface area contributed by atoms with E-state index in [0.29, 0.717) is 28.8 Å². The largest absolute Gasteiger partial charge is 0.494 e. The highest BCUT2D eigenvalue weighted by Gasteiger charge is 2.33. The first-order valence-electron chi connectivity index (χ1n) is 11.7. The molecule has 2 aromatic carbocycles. The molecule has 4 nitrogen and oxygen atoms in total. The van der Waals surface area contributed by atoms with Gasteiger partial charge in [0.2, 0.25) is 0 Å². The summed E-state index contributed by atoms with van der Waals surface area (Å²) in [7, 11) is 0. The van der Waals surface area contributed by atoms with E-state index in [4.69, 9.17) is 21.3 Å². The van der Waals surface area contributed by atoms with E-state index in [1.165, 1.54) is 4.88 Å². The lowest BCUT2D eigenvalue weighted by atomic mass is 9.72. The third kappa shape index (κ3) is 5.70. The number of aliphatic imine (C=N–C) groups is 1. The Kier molecular flexibility index (Phi) is 7.44. The fourth-order valence-electron chi connectivity index (χ4n) is 4.35. The van der Waals surface area contributed by atoms with Crippen molar-refractivity contribution in [3.63, 3.8) is 0 Å². The molecular formula is C28H31ClN2O2S. The van der Waals surface area contributed by atoms with Crippen LogP contribution in [-0.4, -0.2) is 18.7 Å². The maximum absolute atomic E-state index is 13.4. The second-order valence-corrected chi connectivity index (χ2v) is 11.2. The molecule has 0 fully saturated rings. The van der Waals surface area contributed by atoms with Crippen molar-refractivity contribution in [2.75, 3.05) is 11.9 Å². The standard InChI is InChI=1S/C28H31ClN2O2S/c1-5-33-22-12-9-18(10-13-22)17-30-27-25(26(32)31-21-8-6-7-20(29)16-21)23-14-11-19(28(2,3)4)15-24(23)34-27/h6-10,12-13,16-17,19H,5,11,14-15H2,1-4H3,(H,31,32)/t19-/m1/s1. The van der Waals surface area contributed by atoms with Gasteiger partial charge in [-0.25, -0.2) is 4.99 Å². The molecule has 4 rings (SSSR count). The van der Waals surface area contributed by atoms with Gasteiger partial charge in [-0.2, -0.15) is 0 Å². The molecule has 1 aliphatic rings. The van der Waals surface area contributed by atoms with Crippen LogP contribution in [0.5, 0.6) is 5.75 Å². The molecule has 1 atom stereocenters. The first-order valence-corrected chi connectivity index (χ1v) is 12.9. The number of anilines is 1. The average Bonchev–Trinajstić information content (AvgIpc) is 3.16. The van der Waals surface area contributed by atoms with Gasteiger partial charge < -0.3 is 10.1 Å². The van der Waals surface area contributed by atoms with Gasteiger partial charge in [-0.1, -0.05) is 38.4 Å². The van der Waals surface area contributed by atoms with Crippen molar-refractivity contribution in [2.45, 2.75) is 47.0 Å². The zero-order valence-electron chi connectivity index (χ0n) is 20.2. The molecule has 0 aliphatic heterocycles. The number of nitrogens with one attached hydrogen (secondary N) is 1. The van der Waals surface area contributed by atoms with Crippen molar-refractivity contribution in [2.24, 2.45) is 16.3 Å². The number of hydrogen-bond acceptors (Lipinski definition) is 4. The molecule has 0 saturated carbocycles. The van der Waals surface area contributed by atoms with Gasteiger partial charge in [0.1, 0.15) is 10.8 Å². The van der Waals surface area contributed by atoms with Crippen molar-refractivity contribution >= 4 is 45.7 Å². The Hall–Kier alpha value is -2.63. The highest BCUT2D eigenvalue weighted by atomic mass is 35.5. The summed E-state index contributed by atoms with van der Waals surface area (Å²) in [5.74, 6) is 1.29. The molecule has 1 heterocycles. The van der Waals surface area contributed by atoms with E-state index < -0.39 is 0 Å². The van der Waals surface area contributed by atoms with Gasteiger partial charge in [0.25, 0.3) is 5.91 Å². The lowest BCUT2D eigenvalue weighted by molar-refractivity contribution is 0.102. The molecule has 1 N–H and O–H groups in total. The molecule has 6 heteroatoms. The van der Waals surface area contributed by atoms with Crippen molar-refractivity contribution in [3.05, 3.63) is 75.1 Å². The summed E-state index contributed by atoms with van der Waals surface area (Å²) in [4.78, 5) is 19.5. The van der Waals surface area contributed by atoms with Crippen LogP contribution in [0, 0.1) is 11.3 Å². The first-order chi connectivity index (χ1) is 16.2. The zero-order valence-corrected chi connectivity index (χ0v) is 21.7. The molecule has 1 aromatic heterocycles. The van der Waals surface area contributed by atoms with Gasteiger partial charge in [-0.3, -0.25) is 4.79 Å². The highest BCUT2D eigenvalue weighted by Crippen LogP contribution is 2.45. The Bertz CT molecular complexity index is 1190. The molecule has 0 unspecified atom stereocenters. The minimum absolute atomic E-state index is 0.132. The van der Waals surface area contributed by atoms with Crippen LogP contribution in [0.15, 0.2) is 53.5 Å². The normalized spacial score (nSPS) is 15.9. The van der Waals surface area contributed by atoms with E-state index in [1.54, 1.807) is 23.5 Å². The fourth-order valence-corrected chi connectivity index (χ4v) is 5.80. The molecule has 178 valence electrons. The summed E-state index contributed by atoms with van der Waals surface area (Å²) >= 11 is 7.77. The van der Waals surface area contributed by atoms with Crippen LogP contribution in [0.2, 0.25) is 5.02 Å². The van der Waals surface area contributed by atoms with Gasteiger partial charge >= 0.3 is 0 Å². The van der Waals surface area contributed by atoms with Gasteiger partial charge in [-0.15, -0.1) is 11.3 Å². The molecule has 1 amide bonds. The number of carbonyl (C=O) groups excluding carboxylic acids is 1. The quantitative estimate of drug-likeness (QED) is 0.353. The Morgan fingerprint density at radius 3 is 2.68 bits per heavy atom. The lowest BCUT2D eigenvalue weighted by Gasteiger charge is -2.33. The maximum atomic E-state index is 13.4. The smallest absolute Gasteiger partial charge is 0.259 e. The van der Waals surface area contributed by atoms with Crippen LogP contribution in [0.3, 0.4) is 0 Å². The second kappa shape index (κ2) is 10.3. The molecular weight excluding hydrogens is 464 g/mol. The molecule has 0 spiro atoms. The average molecular weight is 495 g/mol. The van der Waals surface area contributed by atoms with Crippen LogP contribution in [0.4, 0.5) is 10.7 Å². The van der Waals surface area contributed by atoms with Gasteiger partial charge in [0, 0.05) is 21.8 Å². The van der Waals surface area contributed by atoms with Crippen molar-refractivity contribution in [1.82, 2.24) is 0 Å². The van der Waals surface area contributed by atoms with E-state index in [1.807, 2.05) is 49.5 Å². The molecule has 34 heavy (non-hydrogen) atoms. The van der Waals surface area contributed by atoms with Crippen molar-refractivity contribution in [3.8, 4) is 5.75 Å². The van der Waals surface area contributed by atoms with Gasteiger partial charge in [0.05, 0.1) is 12.2 Å². The number of halogens is 1. The Balaban J connectivity index is 1.66. The van der Waals surface area contributed by atoms with E-state index in [0.717, 1.165) is 41.1 Å². The summed E-state index contributed by atoms with van der Waals surface area (Å²) in [6, 6.07) is 15.1. The number of hydrogen-bond donors (Lipinski definition) is 1. The second-order valence-electron chi connectivity index (χ2n) is 9.71. The number of ether oxygens (including phenoxy) is 1. The number of thiophene rings is 1. The molecule has 3 aromatic rings. The SMILES string of the molecule is CCOc1ccc(C=Nc2sc3c(c2C(=O)Nc2cccc(Cl)c2)CC[C@@H](C(C)(C)C)C3)cc1. The Morgan fingerprint density at radius 1 is 1.24 bits per heavy atom. The van der Waals surface area contributed by atoms with Crippen LogP contribution in [0.25, 0.3) is 0 Å². The summed E-state index contributed by atoms with van der Waals surface area (Å²) in [5.41, 5.74) is 3.71. The maximum Gasteiger partial charge on any atom is 0.259 e. The summed E-state index contributed by atoms with van der Waals surface area (Å²) in [6.07, 6.45) is 4.78. The number of nitrogens with zero attached hydrogens (tertiary/aromatic N) is 1. The summed E-state index contributed by atoms with van der Waals surface area (Å²) < 4.78 is 5.53. The van der Waals surface area contributed by atoms with E-state index >= 15 is 0 Å². The zero-order chi connectivity index (χ0) is 24.3. The fraction of sp³-hybridized carbons (Fsp3) is 0.357. The Morgan fingerprint density at radius 2 is 2.00 bits per heavy atom. The lowest BCUT2D eigenvalue weighted by Crippen LogP contribution is -2.27. The monoisotopic (exact) mass is 494 g/mol. The van der Waals surface area contributed by atoms with Gasteiger partial charge in [0.15, 0.2) is 0 Å². The van der Waals surface area contributed by atoms with Gasteiger partial charge in [-0.05, 0) is 91.1 Å². The summed E-state index contributed by atoms with van der Waals surface area (Å²) in [6.45, 7) is 9.50. The van der Waals surface area contributed by atoms with Crippen LogP contribution in [-0.2, 0) is 12.8 Å². The molecule has 0 radical (unpaired) electrons. The van der Waals surface area contributed by atoms with E-state index in [-0.39, 0.29) is 11.3 Å². The third-order valence-electron chi connectivity index (χ3n) is 6.30. The topological polar surface area (TPSA) is 50.7 Å². The number of fused-ring (bicyclic) bond motifs is 1.